The lowest BCUT2D eigenvalue weighted by molar-refractivity contribution is 0.0968. The molecule has 1 unspecified atom stereocenters. The molecule has 162 valence electrons. The molecule has 1 saturated carbocycles. The minimum atomic E-state index is 0.00575. The number of hydrogen-bond donors (Lipinski definition) is 1. The Morgan fingerprint density at radius 1 is 1.16 bits per heavy atom. The predicted molar refractivity (Wildman–Crippen MR) is 120 cm³/mol. The first-order valence-electron chi connectivity index (χ1n) is 11.2. The van der Waals surface area contributed by atoms with Crippen LogP contribution in [0.4, 0.5) is 5.82 Å². The second-order valence-electron chi connectivity index (χ2n) is 9.12. The second kappa shape index (κ2) is 7.25. The maximum Gasteiger partial charge on any atom is 0.185 e. The third-order valence-corrected chi connectivity index (χ3v) is 6.65. The van der Waals surface area contributed by atoms with Crippen molar-refractivity contribution in [1.29, 1.82) is 0 Å². The van der Waals surface area contributed by atoms with E-state index in [1.807, 2.05) is 13.1 Å². The van der Waals surface area contributed by atoms with Crippen molar-refractivity contribution in [2.75, 3.05) is 5.73 Å². The van der Waals surface area contributed by atoms with Gasteiger partial charge in [-0.25, -0.2) is 14.6 Å². The summed E-state index contributed by atoms with van der Waals surface area (Å²) >= 11 is 0. The van der Waals surface area contributed by atoms with E-state index in [-0.39, 0.29) is 11.7 Å². The van der Waals surface area contributed by atoms with Crippen LogP contribution in [0.3, 0.4) is 0 Å². The molecule has 1 atom stereocenters. The van der Waals surface area contributed by atoms with Gasteiger partial charge in [-0.2, -0.15) is 0 Å². The third kappa shape index (κ3) is 3.45. The van der Waals surface area contributed by atoms with Gasteiger partial charge in [0.1, 0.15) is 17.2 Å². The standard InChI is InChI=1S/C24H25N7O/c1-14-8-20-16(4-6-19(20)24(25)26-14)9-22(32)21-13-31(29-28-21)12-18-11-30-10-17(15-2-3-15)5-7-23(30)27-18/h5,7-8,10-11,13,15-16H,2-4,6,9,12H2,1H3,(H2,25,26). The highest BCUT2D eigenvalue weighted by atomic mass is 16.1. The molecule has 4 aromatic rings. The van der Waals surface area contributed by atoms with Crippen molar-refractivity contribution in [3.05, 3.63) is 70.6 Å². The van der Waals surface area contributed by atoms with E-state index in [1.165, 1.54) is 18.4 Å². The first kappa shape index (κ1) is 19.2. The van der Waals surface area contributed by atoms with E-state index in [9.17, 15) is 4.79 Å². The normalized spacial score (nSPS) is 17.7. The van der Waals surface area contributed by atoms with Crippen LogP contribution in [0.15, 0.2) is 36.8 Å². The zero-order chi connectivity index (χ0) is 21.8. The van der Waals surface area contributed by atoms with Gasteiger partial charge in [-0.1, -0.05) is 11.3 Å². The van der Waals surface area contributed by atoms with E-state index in [1.54, 1.807) is 10.9 Å². The van der Waals surface area contributed by atoms with Crippen LogP contribution in [0.5, 0.6) is 0 Å². The molecule has 0 saturated heterocycles. The quantitative estimate of drug-likeness (QED) is 0.473. The van der Waals surface area contributed by atoms with Crippen molar-refractivity contribution in [3.8, 4) is 0 Å². The average molecular weight is 428 g/mol. The average Bonchev–Trinajstić information content (AvgIpc) is 3.18. The number of nitrogens with zero attached hydrogens (tertiary/aromatic N) is 6. The fourth-order valence-electron chi connectivity index (χ4n) is 4.87. The monoisotopic (exact) mass is 427 g/mol. The molecule has 4 heterocycles. The Kier molecular flexibility index (Phi) is 4.34. The number of aryl methyl sites for hydroxylation is 1. The molecular formula is C24H25N7O. The topological polar surface area (TPSA) is 104 Å². The van der Waals surface area contributed by atoms with E-state index in [2.05, 4.69) is 49.1 Å². The summed E-state index contributed by atoms with van der Waals surface area (Å²) in [6.45, 7) is 2.42. The number of imidazole rings is 1. The number of pyridine rings is 2. The number of nitrogen functional groups attached to an aromatic ring is 1. The van der Waals surface area contributed by atoms with Crippen LogP contribution in [0.1, 0.15) is 76.1 Å². The van der Waals surface area contributed by atoms with Gasteiger partial charge in [-0.15, -0.1) is 5.10 Å². The van der Waals surface area contributed by atoms with E-state index in [0.717, 1.165) is 41.0 Å². The number of nitrogens with two attached hydrogens (primary N) is 1. The van der Waals surface area contributed by atoms with E-state index < -0.39 is 0 Å². The maximum atomic E-state index is 12.9. The number of Topliss-reactive ketones (excluding diaryl/α,β-unsaturated/α-hetero) is 1. The summed E-state index contributed by atoms with van der Waals surface area (Å²) in [5.41, 5.74) is 12.8. The molecule has 0 amide bonds. The molecule has 0 spiro atoms. The number of anilines is 1. The molecule has 6 rings (SSSR count). The summed E-state index contributed by atoms with van der Waals surface area (Å²) in [4.78, 5) is 21.9. The van der Waals surface area contributed by atoms with Crippen molar-refractivity contribution in [1.82, 2.24) is 29.4 Å². The largest absolute Gasteiger partial charge is 0.383 e. The van der Waals surface area contributed by atoms with Gasteiger partial charge >= 0.3 is 0 Å². The van der Waals surface area contributed by atoms with Crippen molar-refractivity contribution >= 4 is 17.2 Å². The molecule has 4 aromatic heterocycles. The number of carbonyl (C=O) groups excluding carboxylic acids is 1. The van der Waals surface area contributed by atoms with Gasteiger partial charge in [0.05, 0.1) is 18.4 Å². The van der Waals surface area contributed by atoms with Crippen molar-refractivity contribution in [3.63, 3.8) is 0 Å². The predicted octanol–water partition coefficient (Wildman–Crippen LogP) is 3.44. The Labute approximate surface area is 185 Å². The highest BCUT2D eigenvalue weighted by molar-refractivity contribution is 5.94. The zero-order valence-corrected chi connectivity index (χ0v) is 18.0. The molecule has 0 radical (unpaired) electrons. The number of aromatic nitrogens is 6. The molecule has 0 aromatic carbocycles. The summed E-state index contributed by atoms with van der Waals surface area (Å²) in [7, 11) is 0. The molecule has 8 nitrogen and oxygen atoms in total. The van der Waals surface area contributed by atoms with E-state index in [4.69, 9.17) is 5.73 Å². The summed E-state index contributed by atoms with van der Waals surface area (Å²) < 4.78 is 3.76. The molecule has 1 fully saturated rings. The summed E-state index contributed by atoms with van der Waals surface area (Å²) in [6, 6.07) is 6.30. The fourth-order valence-corrected chi connectivity index (χ4v) is 4.87. The van der Waals surface area contributed by atoms with Gasteiger partial charge in [-0.3, -0.25) is 4.79 Å². The van der Waals surface area contributed by atoms with Crippen LogP contribution in [0, 0.1) is 6.92 Å². The SMILES string of the molecule is Cc1cc2c(c(N)n1)CCC2CC(=O)c1cn(Cc2cn3cc(C4CC4)ccc3n2)nn1. The zero-order valence-electron chi connectivity index (χ0n) is 18.0. The highest BCUT2D eigenvalue weighted by Gasteiger charge is 2.28. The lowest BCUT2D eigenvalue weighted by atomic mass is 9.95. The van der Waals surface area contributed by atoms with Gasteiger partial charge in [0.2, 0.25) is 0 Å². The Morgan fingerprint density at radius 2 is 2.03 bits per heavy atom. The fraction of sp³-hybridized carbons (Fsp3) is 0.375. The summed E-state index contributed by atoms with van der Waals surface area (Å²) in [6.07, 6.45) is 10.7. The maximum absolute atomic E-state index is 12.9. The molecule has 2 aliphatic rings. The molecule has 2 aliphatic carbocycles. The first-order chi connectivity index (χ1) is 15.5. The lowest BCUT2D eigenvalue weighted by Gasteiger charge is -2.11. The number of hydrogen-bond acceptors (Lipinski definition) is 6. The Balaban J connectivity index is 1.16. The Morgan fingerprint density at radius 3 is 2.88 bits per heavy atom. The van der Waals surface area contributed by atoms with Crippen LogP contribution in [-0.2, 0) is 13.0 Å². The van der Waals surface area contributed by atoms with Crippen LogP contribution in [-0.4, -0.2) is 35.1 Å². The van der Waals surface area contributed by atoms with Crippen LogP contribution in [0.2, 0.25) is 0 Å². The second-order valence-corrected chi connectivity index (χ2v) is 9.12. The number of ketones is 1. The molecule has 0 aliphatic heterocycles. The van der Waals surface area contributed by atoms with E-state index in [0.29, 0.717) is 30.4 Å². The number of rotatable bonds is 6. The summed E-state index contributed by atoms with van der Waals surface area (Å²) in [5, 5.41) is 8.31. The third-order valence-electron chi connectivity index (χ3n) is 6.65. The number of fused-ring (bicyclic) bond motifs is 2. The van der Waals surface area contributed by atoms with Crippen LogP contribution >= 0.6 is 0 Å². The van der Waals surface area contributed by atoms with Gasteiger partial charge in [0.25, 0.3) is 0 Å². The molecule has 2 N–H and O–H groups in total. The van der Waals surface area contributed by atoms with Crippen molar-refractivity contribution in [2.45, 2.75) is 57.4 Å². The molecular weight excluding hydrogens is 402 g/mol. The van der Waals surface area contributed by atoms with Crippen LogP contribution in [0.25, 0.3) is 5.65 Å². The molecule has 0 bridgehead atoms. The number of carbonyl (C=O) groups is 1. The van der Waals surface area contributed by atoms with E-state index >= 15 is 0 Å². The lowest BCUT2D eigenvalue weighted by Crippen LogP contribution is -2.07. The van der Waals surface area contributed by atoms with Crippen molar-refractivity contribution < 1.29 is 4.79 Å². The van der Waals surface area contributed by atoms with Gasteiger partial charge in [-0.05, 0) is 73.3 Å². The minimum absolute atomic E-state index is 0.00575. The smallest absolute Gasteiger partial charge is 0.185 e. The summed E-state index contributed by atoms with van der Waals surface area (Å²) in [5.74, 6) is 1.46. The minimum Gasteiger partial charge on any atom is -0.383 e. The molecule has 32 heavy (non-hydrogen) atoms. The van der Waals surface area contributed by atoms with Gasteiger partial charge in [0, 0.05) is 24.5 Å². The van der Waals surface area contributed by atoms with Gasteiger partial charge in [0.15, 0.2) is 5.78 Å². The molecule has 8 heteroatoms. The first-order valence-corrected chi connectivity index (χ1v) is 11.2. The van der Waals surface area contributed by atoms with Crippen molar-refractivity contribution in [2.24, 2.45) is 0 Å². The van der Waals surface area contributed by atoms with Gasteiger partial charge < -0.3 is 10.1 Å². The highest BCUT2D eigenvalue weighted by Crippen LogP contribution is 2.40. The Bertz CT molecular complexity index is 1350. The Hall–Kier alpha value is -3.55. The van der Waals surface area contributed by atoms with Crippen LogP contribution < -0.4 is 5.73 Å².